The average molecular weight is 344 g/mol. The molecule has 2 aliphatic rings. The first-order valence-electron chi connectivity index (χ1n) is 8.98. The number of nitrogens with one attached hydrogen (secondary N) is 1. The third kappa shape index (κ3) is 3.48. The van der Waals surface area contributed by atoms with Crippen LogP contribution in [0, 0.1) is 5.92 Å². The van der Waals surface area contributed by atoms with Crippen LogP contribution in [0.5, 0.6) is 0 Å². The zero-order valence-electron chi connectivity index (χ0n) is 14.3. The lowest BCUT2D eigenvalue weighted by atomic mass is 10.0. The quantitative estimate of drug-likeness (QED) is 0.906. The van der Waals surface area contributed by atoms with Crippen molar-refractivity contribution in [2.75, 3.05) is 51.0 Å². The van der Waals surface area contributed by atoms with Crippen molar-refractivity contribution >= 4 is 17.4 Å². The van der Waals surface area contributed by atoms with Gasteiger partial charge in [-0.3, -0.25) is 9.20 Å². The Morgan fingerprint density at radius 1 is 1.16 bits per heavy atom. The second kappa shape index (κ2) is 7.41. The van der Waals surface area contributed by atoms with Crippen LogP contribution in [-0.2, 0) is 9.47 Å². The molecule has 0 aliphatic carbocycles. The van der Waals surface area contributed by atoms with Gasteiger partial charge < -0.3 is 19.7 Å². The molecule has 0 atom stereocenters. The molecule has 0 saturated carbocycles. The van der Waals surface area contributed by atoms with E-state index in [4.69, 9.17) is 9.47 Å². The summed E-state index contributed by atoms with van der Waals surface area (Å²) in [6.07, 6.45) is 3.97. The fourth-order valence-electron chi connectivity index (χ4n) is 3.45. The number of nitrogens with zero attached hydrogens (tertiary/aromatic N) is 3. The lowest BCUT2D eigenvalue weighted by Crippen LogP contribution is -2.37. The molecule has 2 aromatic rings. The Balaban J connectivity index is 1.55. The molecule has 0 radical (unpaired) electrons. The van der Waals surface area contributed by atoms with Crippen LogP contribution >= 0.6 is 0 Å². The fraction of sp³-hybridized carbons (Fsp3) is 0.556. The number of fused-ring (bicyclic) bond motifs is 1. The van der Waals surface area contributed by atoms with Gasteiger partial charge in [0.1, 0.15) is 0 Å². The van der Waals surface area contributed by atoms with E-state index in [0.29, 0.717) is 31.4 Å². The number of anilines is 1. The smallest absolute Gasteiger partial charge is 0.272 e. The maximum absolute atomic E-state index is 12.7. The Kier molecular flexibility index (Phi) is 4.85. The summed E-state index contributed by atoms with van der Waals surface area (Å²) >= 11 is 0. The Morgan fingerprint density at radius 2 is 1.92 bits per heavy atom. The van der Waals surface area contributed by atoms with E-state index in [2.05, 4.69) is 15.2 Å². The molecule has 1 N–H and O–H groups in total. The number of hydrogen-bond donors (Lipinski definition) is 1. The lowest BCUT2D eigenvalue weighted by molar-refractivity contribution is 0.0642. The van der Waals surface area contributed by atoms with Gasteiger partial charge in [0, 0.05) is 39.0 Å². The van der Waals surface area contributed by atoms with Gasteiger partial charge in [0.2, 0.25) is 5.95 Å². The minimum absolute atomic E-state index is 0.102. The standard InChI is InChI=1S/C18H24N4O3/c23-17(19-13-14-4-9-24-10-5-14)16-15-3-1-2-6-22(15)18(20-16)21-7-11-25-12-8-21/h1-3,6,14H,4-5,7-13H2,(H,19,23). The van der Waals surface area contributed by atoms with Gasteiger partial charge in [-0.05, 0) is 30.9 Å². The van der Waals surface area contributed by atoms with E-state index in [0.717, 1.165) is 50.6 Å². The number of imidazole rings is 1. The molecule has 2 fully saturated rings. The number of morpholine rings is 1. The third-order valence-corrected chi connectivity index (χ3v) is 4.93. The first-order valence-corrected chi connectivity index (χ1v) is 8.98. The molecule has 4 heterocycles. The van der Waals surface area contributed by atoms with Crippen molar-refractivity contribution in [3.05, 3.63) is 30.1 Å². The van der Waals surface area contributed by atoms with Crippen LogP contribution in [0.1, 0.15) is 23.3 Å². The normalized spacial score (nSPS) is 19.3. The highest BCUT2D eigenvalue weighted by Crippen LogP contribution is 2.21. The van der Waals surface area contributed by atoms with Gasteiger partial charge in [-0.25, -0.2) is 4.98 Å². The van der Waals surface area contributed by atoms with Crippen LogP contribution < -0.4 is 10.2 Å². The van der Waals surface area contributed by atoms with Crippen molar-refractivity contribution in [3.8, 4) is 0 Å². The molecule has 4 rings (SSSR count). The highest BCUT2D eigenvalue weighted by Gasteiger charge is 2.23. The van der Waals surface area contributed by atoms with Crippen LogP contribution in [0.25, 0.3) is 5.52 Å². The second-order valence-corrected chi connectivity index (χ2v) is 6.58. The SMILES string of the molecule is O=C(NCC1CCOCC1)c1nc(N2CCOCC2)n2ccccc12. The maximum atomic E-state index is 12.7. The van der Waals surface area contributed by atoms with E-state index >= 15 is 0 Å². The van der Waals surface area contributed by atoms with Gasteiger partial charge in [0.15, 0.2) is 5.69 Å². The Labute approximate surface area is 146 Å². The predicted molar refractivity (Wildman–Crippen MR) is 94.1 cm³/mol. The molecule has 0 bridgehead atoms. The highest BCUT2D eigenvalue weighted by atomic mass is 16.5. The largest absolute Gasteiger partial charge is 0.381 e. The summed E-state index contributed by atoms with van der Waals surface area (Å²) in [5.41, 5.74) is 1.34. The molecule has 0 spiro atoms. The summed E-state index contributed by atoms with van der Waals surface area (Å²) < 4.78 is 12.8. The number of pyridine rings is 1. The van der Waals surface area contributed by atoms with E-state index in [1.807, 2.05) is 28.8 Å². The van der Waals surface area contributed by atoms with E-state index in [-0.39, 0.29) is 5.91 Å². The fourth-order valence-corrected chi connectivity index (χ4v) is 3.45. The van der Waals surface area contributed by atoms with Gasteiger partial charge in [-0.1, -0.05) is 6.07 Å². The van der Waals surface area contributed by atoms with E-state index < -0.39 is 0 Å². The van der Waals surface area contributed by atoms with Crippen molar-refractivity contribution < 1.29 is 14.3 Å². The van der Waals surface area contributed by atoms with Gasteiger partial charge in [0.25, 0.3) is 5.91 Å². The predicted octanol–water partition coefficient (Wildman–Crippen LogP) is 1.33. The van der Waals surface area contributed by atoms with Gasteiger partial charge in [-0.15, -0.1) is 0 Å². The Morgan fingerprint density at radius 3 is 2.72 bits per heavy atom. The Bertz CT molecular complexity index is 733. The molecule has 1 amide bonds. The summed E-state index contributed by atoms with van der Waals surface area (Å²) in [6, 6.07) is 5.85. The number of carbonyl (C=O) groups excluding carboxylic acids is 1. The summed E-state index contributed by atoms with van der Waals surface area (Å²) in [6.45, 7) is 5.21. The minimum atomic E-state index is -0.102. The molecular formula is C18H24N4O3. The monoisotopic (exact) mass is 344 g/mol. The molecule has 0 unspecified atom stereocenters. The number of rotatable bonds is 4. The second-order valence-electron chi connectivity index (χ2n) is 6.58. The van der Waals surface area contributed by atoms with Gasteiger partial charge >= 0.3 is 0 Å². The minimum Gasteiger partial charge on any atom is -0.381 e. The van der Waals surface area contributed by atoms with Crippen molar-refractivity contribution in [2.45, 2.75) is 12.8 Å². The zero-order chi connectivity index (χ0) is 17.1. The van der Waals surface area contributed by atoms with E-state index in [1.54, 1.807) is 0 Å². The number of carbonyl (C=O) groups is 1. The van der Waals surface area contributed by atoms with E-state index in [1.165, 1.54) is 0 Å². The zero-order valence-corrected chi connectivity index (χ0v) is 14.3. The maximum Gasteiger partial charge on any atom is 0.272 e. The van der Waals surface area contributed by atoms with Gasteiger partial charge in [-0.2, -0.15) is 0 Å². The molecule has 0 aromatic carbocycles. The number of amides is 1. The lowest BCUT2D eigenvalue weighted by Gasteiger charge is -2.27. The van der Waals surface area contributed by atoms with Crippen LogP contribution in [0.15, 0.2) is 24.4 Å². The summed E-state index contributed by atoms with van der Waals surface area (Å²) in [5, 5.41) is 3.06. The Hall–Kier alpha value is -2.12. The summed E-state index contributed by atoms with van der Waals surface area (Å²) in [5.74, 6) is 1.20. The first kappa shape index (κ1) is 16.4. The first-order chi connectivity index (χ1) is 12.3. The van der Waals surface area contributed by atoms with Crippen LogP contribution in [0.2, 0.25) is 0 Å². The summed E-state index contributed by atoms with van der Waals surface area (Å²) in [7, 11) is 0. The van der Waals surface area contributed by atoms with Crippen molar-refractivity contribution in [1.82, 2.24) is 14.7 Å². The molecule has 7 heteroatoms. The summed E-state index contributed by atoms with van der Waals surface area (Å²) in [4.78, 5) is 19.6. The molecule has 2 aromatic heterocycles. The van der Waals surface area contributed by atoms with E-state index in [9.17, 15) is 4.79 Å². The molecule has 134 valence electrons. The molecule has 2 saturated heterocycles. The number of aromatic nitrogens is 2. The molecular weight excluding hydrogens is 320 g/mol. The van der Waals surface area contributed by atoms with Crippen molar-refractivity contribution in [1.29, 1.82) is 0 Å². The van der Waals surface area contributed by atoms with Crippen molar-refractivity contribution in [3.63, 3.8) is 0 Å². The average Bonchev–Trinajstić information content (AvgIpc) is 3.07. The van der Waals surface area contributed by atoms with Gasteiger partial charge in [0.05, 0.1) is 18.7 Å². The molecule has 7 nitrogen and oxygen atoms in total. The number of ether oxygens (including phenoxy) is 2. The van der Waals surface area contributed by atoms with Crippen LogP contribution in [0.3, 0.4) is 0 Å². The number of hydrogen-bond acceptors (Lipinski definition) is 5. The highest BCUT2D eigenvalue weighted by molar-refractivity contribution is 5.99. The van der Waals surface area contributed by atoms with Crippen LogP contribution in [-0.4, -0.2) is 61.4 Å². The van der Waals surface area contributed by atoms with Crippen molar-refractivity contribution in [2.24, 2.45) is 5.92 Å². The van der Waals surface area contributed by atoms with Crippen LogP contribution in [0.4, 0.5) is 5.95 Å². The third-order valence-electron chi connectivity index (χ3n) is 4.93. The molecule has 2 aliphatic heterocycles. The topological polar surface area (TPSA) is 68.1 Å². The molecule has 25 heavy (non-hydrogen) atoms.